The van der Waals surface area contributed by atoms with Gasteiger partial charge in [0.05, 0.1) is 5.39 Å². The van der Waals surface area contributed by atoms with Crippen molar-refractivity contribution in [1.29, 1.82) is 0 Å². The van der Waals surface area contributed by atoms with Crippen LogP contribution in [0.1, 0.15) is 31.6 Å². The van der Waals surface area contributed by atoms with Crippen LogP contribution in [0.2, 0.25) is 0 Å². The summed E-state index contributed by atoms with van der Waals surface area (Å²) in [5, 5.41) is 1.88. The zero-order valence-corrected chi connectivity index (χ0v) is 17.5. The predicted molar refractivity (Wildman–Crippen MR) is 118 cm³/mol. The van der Waals surface area contributed by atoms with Crippen LogP contribution < -0.4 is 5.73 Å². The van der Waals surface area contributed by atoms with Crippen LogP contribution in [0.5, 0.6) is 0 Å². The van der Waals surface area contributed by atoms with E-state index in [0.29, 0.717) is 30.2 Å². The molecule has 1 aromatic carbocycles. The van der Waals surface area contributed by atoms with Gasteiger partial charge in [-0.1, -0.05) is 32.0 Å². The Morgan fingerprint density at radius 3 is 2.69 bits per heavy atom. The number of benzene rings is 1. The molecule has 7 heteroatoms. The highest BCUT2D eigenvalue weighted by atomic mass is 32.1. The van der Waals surface area contributed by atoms with E-state index in [1.165, 1.54) is 4.88 Å². The highest BCUT2D eigenvalue weighted by Gasteiger charge is 2.20. The molecule has 5 nitrogen and oxygen atoms in total. The Hall–Kier alpha value is -2.51. The predicted octanol–water partition coefficient (Wildman–Crippen LogP) is 5.65. The Bertz CT molecular complexity index is 1080. The standard InChI is InChI=1S/C20H19FN4OS.C2H6/c21-13-5-7-25(8-6-13)11-14-10-15-18(22)23-19(24-20(15)27-14)17-9-12-3-1-2-4-16(12)26-17;1-2/h1-4,9-10,13H,5-8,11H2,(H2,22,23,24);1-2H3. The Labute approximate surface area is 173 Å². The molecule has 0 unspecified atom stereocenters. The van der Waals surface area contributed by atoms with Gasteiger partial charge in [-0.15, -0.1) is 11.3 Å². The number of furan rings is 1. The fourth-order valence-electron chi connectivity index (χ4n) is 3.55. The van der Waals surface area contributed by atoms with Crippen LogP contribution in [0, 0.1) is 0 Å². The molecular weight excluding hydrogens is 387 g/mol. The summed E-state index contributed by atoms with van der Waals surface area (Å²) in [7, 11) is 0. The molecule has 0 saturated carbocycles. The van der Waals surface area contributed by atoms with Gasteiger partial charge in [-0.2, -0.15) is 0 Å². The van der Waals surface area contributed by atoms with Crippen molar-refractivity contribution in [3.63, 3.8) is 0 Å². The SMILES string of the molecule is CC.Nc1nc(-c2cc3ccccc3o2)nc2sc(CN3CCC(F)CC3)cc12. The Balaban J connectivity index is 0.000000994. The fraction of sp³-hybridized carbons (Fsp3) is 0.364. The van der Waals surface area contributed by atoms with Gasteiger partial charge in [0.15, 0.2) is 11.6 Å². The summed E-state index contributed by atoms with van der Waals surface area (Å²) in [6.07, 6.45) is 0.572. The third-order valence-corrected chi connectivity index (χ3v) is 6.03. The van der Waals surface area contributed by atoms with Gasteiger partial charge >= 0.3 is 0 Å². The van der Waals surface area contributed by atoms with Crippen LogP contribution in [0.15, 0.2) is 40.8 Å². The molecule has 0 spiro atoms. The number of likely N-dealkylation sites (tertiary alicyclic amines) is 1. The molecule has 0 bridgehead atoms. The van der Waals surface area contributed by atoms with E-state index in [1.807, 2.05) is 44.2 Å². The quantitative estimate of drug-likeness (QED) is 0.471. The number of rotatable bonds is 3. The summed E-state index contributed by atoms with van der Waals surface area (Å²) in [6.45, 7) is 6.38. The van der Waals surface area contributed by atoms with E-state index < -0.39 is 6.17 Å². The van der Waals surface area contributed by atoms with E-state index in [-0.39, 0.29) is 0 Å². The van der Waals surface area contributed by atoms with Crippen molar-refractivity contribution in [2.24, 2.45) is 0 Å². The molecule has 3 aromatic heterocycles. The largest absolute Gasteiger partial charge is 0.453 e. The first kappa shape index (κ1) is 19.8. The maximum Gasteiger partial charge on any atom is 0.199 e. The second-order valence-corrected chi connectivity index (χ2v) is 8.08. The summed E-state index contributed by atoms with van der Waals surface area (Å²) in [6, 6.07) is 11.8. The molecule has 5 rings (SSSR count). The number of para-hydroxylation sites is 1. The average Bonchev–Trinajstić information content (AvgIpc) is 3.35. The van der Waals surface area contributed by atoms with Gasteiger partial charge < -0.3 is 10.2 Å². The number of fused-ring (bicyclic) bond motifs is 2. The Morgan fingerprint density at radius 2 is 1.93 bits per heavy atom. The molecule has 152 valence electrons. The van der Waals surface area contributed by atoms with Crippen molar-refractivity contribution in [1.82, 2.24) is 14.9 Å². The summed E-state index contributed by atoms with van der Waals surface area (Å²) in [5.74, 6) is 1.58. The van der Waals surface area contributed by atoms with Crippen molar-refractivity contribution >= 4 is 38.3 Å². The van der Waals surface area contributed by atoms with Crippen LogP contribution >= 0.6 is 11.3 Å². The number of nitrogens with zero attached hydrogens (tertiary/aromatic N) is 3. The van der Waals surface area contributed by atoms with Crippen molar-refractivity contribution in [3.8, 4) is 11.6 Å². The number of anilines is 1. The van der Waals surface area contributed by atoms with E-state index >= 15 is 0 Å². The molecule has 1 saturated heterocycles. The van der Waals surface area contributed by atoms with Gasteiger partial charge in [0, 0.05) is 29.9 Å². The van der Waals surface area contributed by atoms with Crippen molar-refractivity contribution in [2.45, 2.75) is 39.4 Å². The number of hydrogen-bond donors (Lipinski definition) is 1. The smallest absolute Gasteiger partial charge is 0.199 e. The summed E-state index contributed by atoms with van der Waals surface area (Å²) >= 11 is 1.61. The molecule has 4 aromatic rings. The van der Waals surface area contributed by atoms with Crippen LogP contribution in [-0.4, -0.2) is 34.1 Å². The van der Waals surface area contributed by atoms with E-state index in [2.05, 4.69) is 20.9 Å². The van der Waals surface area contributed by atoms with Gasteiger partial charge in [-0.05, 0) is 31.0 Å². The minimum atomic E-state index is -0.656. The topological polar surface area (TPSA) is 68.2 Å². The zero-order valence-electron chi connectivity index (χ0n) is 16.7. The number of hydrogen-bond acceptors (Lipinski definition) is 6. The second-order valence-electron chi connectivity index (χ2n) is 6.96. The summed E-state index contributed by atoms with van der Waals surface area (Å²) < 4.78 is 19.2. The molecule has 29 heavy (non-hydrogen) atoms. The van der Waals surface area contributed by atoms with Crippen LogP contribution in [0.3, 0.4) is 0 Å². The lowest BCUT2D eigenvalue weighted by Crippen LogP contribution is -2.33. The van der Waals surface area contributed by atoms with Crippen molar-refractivity contribution in [2.75, 3.05) is 18.8 Å². The first-order valence-corrected chi connectivity index (χ1v) is 10.9. The van der Waals surface area contributed by atoms with Gasteiger partial charge in [0.1, 0.15) is 22.4 Å². The number of halogens is 1. The first-order valence-electron chi connectivity index (χ1n) is 10.1. The number of piperidine rings is 1. The van der Waals surface area contributed by atoms with Crippen LogP contribution in [-0.2, 0) is 6.54 Å². The third kappa shape index (κ3) is 4.11. The minimum absolute atomic E-state index is 0.459. The molecule has 1 aliphatic rings. The molecular formula is C22H25FN4OS. The maximum atomic E-state index is 13.3. The number of alkyl halides is 1. The third-order valence-electron chi connectivity index (χ3n) is 5.02. The number of thiophene rings is 1. The van der Waals surface area contributed by atoms with E-state index in [9.17, 15) is 4.39 Å². The summed E-state index contributed by atoms with van der Waals surface area (Å²) in [4.78, 5) is 13.4. The number of nitrogens with two attached hydrogens (primary N) is 1. The highest BCUT2D eigenvalue weighted by Crippen LogP contribution is 2.33. The monoisotopic (exact) mass is 412 g/mol. The van der Waals surface area contributed by atoms with Crippen LogP contribution in [0.4, 0.5) is 10.2 Å². The number of aromatic nitrogens is 2. The average molecular weight is 413 g/mol. The van der Waals surface area contributed by atoms with E-state index in [0.717, 1.165) is 40.8 Å². The molecule has 0 atom stereocenters. The normalized spacial score (nSPS) is 15.6. The maximum absolute atomic E-state index is 13.3. The fourth-order valence-corrected chi connectivity index (χ4v) is 4.63. The first-order chi connectivity index (χ1) is 14.2. The lowest BCUT2D eigenvalue weighted by Gasteiger charge is -2.27. The van der Waals surface area contributed by atoms with Gasteiger partial charge in [0.25, 0.3) is 0 Å². The Kier molecular flexibility index (Phi) is 5.78. The number of nitrogen functional groups attached to an aromatic ring is 1. The molecule has 0 amide bonds. The molecule has 0 radical (unpaired) electrons. The van der Waals surface area contributed by atoms with E-state index in [1.54, 1.807) is 11.3 Å². The highest BCUT2D eigenvalue weighted by molar-refractivity contribution is 7.18. The van der Waals surface area contributed by atoms with Crippen molar-refractivity contribution < 1.29 is 8.81 Å². The zero-order chi connectivity index (χ0) is 20.4. The molecule has 1 aliphatic heterocycles. The minimum Gasteiger partial charge on any atom is -0.453 e. The van der Waals surface area contributed by atoms with Crippen molar-refractivity contribution in [3.05, 3.63) is 41.3 Å². The lowest BCUT2D eigenvalue weighted by molar-refractivity contribution is 0.146. The van der Waals surface area contributed by atoms with E-state index in [4.69, 9.17) is 10.2 Å². The van der Waals surface area contributed by atoms with Crippen LogP contribution in [0.25, 0.3) is 32.8 Å². The summed E-state index contributed by atoms with van der Waals surface area (Å²) in [5.41, 5.74) is 7.01. The van der Waals surface area contributed by atoms with Gasteiger partial charge in [-0.3, -0.25) is 4.90 Å². The second kappa shape index (κ2) is 8.47. The molecule has 2 N–H and O–H groups in total. The van der Waals surface area contributed by atoms with Gasteiger partial charge in [0.2, 0.25) is 0 Å². The lowest BCUT2D eigenvalue weighted by atomic mass is 10.1. The molecule has 1 fully saturated rings. The van der Waals surface area contributed by atoms with Gasteiger partial charge in [-0.25, -0.2) is 14.4 Å². The molecule has 4 heterocycles. The Morgan fingerprint density at radius 1 is 1.17 bits per heavy atom. The molecule has 0 aliphatic carbocycles.